The van der Waals surface area contributed by atoms with Crippen LogP contribution in [0.25, 0.3) is 0 Å². The van der Waals surface area contributed by atoms with Crippen LogP contribution in [0.5, 0.6) is 0 Å². The highest BCUT2D eigenvalue weighted by Gasteiger charge is 2.09. The summed E-state index contributed by atoms with van der Waals surface area (Å²) in [5.74, 6) is 0. The minimum atomic E-state index is -0.634. The van der Waals surface area contributed by atoms with Crippen LogP contribution in [-0.4, -0.2) is 17.7 Å². The molecule has 1 unspecified atom stereocenters. The molecule has 0 aliphatic carbocycles. The molecule has 0 aliphatic rings. The number of amides is 2. The summed E-state index contributed by atoms with van der Waals surface area (Å²) in [5.41, 5.74) is 3.78. The van der Waals surface area contributed by atoms with Crippen molar-refractivity contribution in [2.24, 2.45) is 0 Å². The Morgan fingerprint density at radius 3 is 2.76 bits per heavy atom. The Bertz CT molecular complexity index is 594. The van der Waals surface area contributed by atoms with Gasteiger partial charge in [-0.15, -0.1) is 0 Å². The highest BCUT2D eigenvalue weighted by molar-refractivity contribution is 5.89. The first-order valence-electron chi connectivity index (χ1n) is 6.88. The van der Waals surface area contributed by atoms with E-state index in [-0.39, 0.29) is 6.03 Å². The summed E-state index contributed by atoms with van der Waals surface area (Å²) in [5, 5.41) is 15.3. The number of benzene rings is 1. The number of furan rings is 1. The lowest BCUT2D eigenvalue weighted by molar-refractivity contribution is 0.166. The fraction of sp³-hybridized carbons (Fsp3) is 0.312. The third kappa shape index (κ3) is 4.36. The maximum atomic E-state index is 11.8. The number of aliphatic hydroxyl groups is 1. The van der Waals surface area contributed by atoms with Crippen LogP contribution in [0.4, 0.5) is 10.5 Å². The molecule has 2 rings (SSSR count). The van der Waals surface area contributed by atoms with Crippen LogP contribution in [0.3, 0.4) is 0 Å². The Morgan fingerprint density at radius 1 is 1.29 bits per heavy atom. The fourth-order valence-corrected chi connectivity index (χ4v) is 1.95. The van der Waals surface area contributed by atoms with Crippen LogP contribution in [0.2, 0.25) is 0 Å². The van der Waals surface area contributed by atoms with E-state index in [2.05, 4.69) is 10.6 Å². The summed E-state index contributed by atoms with van der Waals surface area (Å²) in [6, 6.07) is 7.18. The molecule has 0 fully saturated rings. The van der Waals surface area contributed by atoms with Gasteiger partial charge < -0.3 is 20.2 Å². The molecule has 1 aromatic heterocycles. The van der Waals surface area contributed by atoms with E-state index in [0.717, 1.165) is 11.3 Å². The normalized spacial score (nSPS) is 12.0. The van der Waals surface area contributed by atoms with Crippen LogP contribution >= 0.6 is 0 Å². The van der Waals surface area contributed by atoms with Gasteiger partial charge in [-0.2, -0.15) is 0 Å². The van der Waals surface area contributed by atoms with Crippen molar-refractivity contribution in [1.82, 2.24) is 5.32 Å². The van der Waals surface area contributed by atoms with Gasteiger partial charge in [0, 0.05) is 17.8 Å². The molecule has 0 bridgehead atoms. The first-order valence-corrected chi connectivity index (χ1v) is 6.88. The molecule has 2 amide bonds. The quantitative estimate of drug-likeness (QED) is 0.791. The lowest BCUT2D eigenvalue weighted by atomic mass is 10.1. The monoisotopic (exact) mass is 288 g/mol. The zero-order valence-electron chi connectivity index (χ0n) is 12.2. The predicted octanol–water partition coefficient (Wildman–Crippen LogP) is 3.14. The second kappa shape index (κ2) is 6.95. The molecule has 0 saturated heterocycles. The van der Waals surface area contributed by atoms with Crippen molar-refractivity contribution in [1.29, 1.82) is 0 Å². The van der Waals surface area contributed by atoms with E-state index < -0.39 is 6.10 Å². The van der Waals surface area contributed by atoms with Gasteiger partial charge in [0.15, 0.2) is 0 Å². The summed E-state index contributed by atoms with van der Waals surface area (Å²) >= 11 is 0. The second-order valence-electron chi connectivity index (χ2n) is 5.04. The number of rotatable bonds is 5. The molecule has 0 spiro atoms. The molecular weight excluding hydrogens is 268 g/mol. The average Bonchev–Trinajstić information content (AvgIpc) is 2.97. The fourth-order valence-electron chi connectivity index (χ4n) is 1.95. The van der Waals surface area contributed by atoms with Crippen molar-refractivity contribution in [3.05, 3.63) is 53.5 Å². The van der Waals surface area contributed by atoms with E-state index >= 15 is 0 Å². The molecule has 0 saturated carbocycles. The van der Waals surface area contributed by atoms with Crippen molar-refractivity contribution in [3.63, 3.8) is 0 Å². The molecule has 0 radical (unpaired) electrons. The smallest absolute Gasteiger partial charge is 0.319 e. The Morgan fingerprint density at radius 2 is 2.10 bits per heavy atom. The number of hydrogen-bond acceptors (Lipinski definition) is 3. The van der Waals surface area contributed by atoms with Crippen LogP contribution in [0.15, 0.2) is 41.2 Å². The van der Waals surface area contributed by atoms with Gasteiger partial charge in [0.25, 0.3) is 0 Å². The summed E-state index contributed by atoms with van der Waals surface area (Å²) < 4.78 is 4.90. The second-order valence-corrected chi connectivity index (χ2v) is 5.04. The Labute approximate surface area is 124 Å². The number of aliphatic hydroxyl groups excluding tert-OH is 1. The number of carbonyl (C=O) groups excluding carboxylic acids is 1. The molecule has 0 aliphatic heterocycles. The Kier molecular flexibility index (Phi) is 5.00. The first-order chi connectivity index (χ1) is 10.1. The van der Waals surface area contributed by atoms with Gasteiger partial charge in [-0.1, -0.05) is 6.07 Å². The maximum absolute atomic E-state index is 11.8. The lowest BCUT2D eigenvalue weighted by Crippen LogP contribution is -2.30. The highest BCUT2D eigenvalue weighted by atomic mass is 16.3. The zero-order valence-corrected chi connectivity index (χ0v) is 12.2. The summed E-state index contributed by atoms with van der Waals surface area (Å²) in [7, 11) is 0. The number of hydrogen-bond donors (Lipinski definition) is 3. The van der Waals surface area contributed by atoms with E-state index in [1.165, 1.54) is 18.1 Å². The molecular formula is C16H20N2O3. The lowest BCUT2D eigenvalue weighted by Gasteiger charge is -2.11. The number of carbonyl (C=O) groups is 1. The molecule has 5 nitrogen and oxygen atoms in total. The van der Waals surface area contributed by atoms with Crippen molar-refractivity contribution >= 4 is 11.7 Å². The first kappa shape index (κ1) is 15.1. The maximum Gasteiger partial charge on any atom is 0.319 e. The van der Waals surface area contributed by atoms with Crippen molar-refractivity contribution in [3.8, 4) is 0 Å². The molecule has 5 heteroatoms. The Balaban J connectivity index is 1.76. The van der Waals surface area contributed by atoms with Gasteiger partial charge in [-0.05, 0) is 49.6 Å². The van der Waals surface area contributed by atoms with Crippen molar-refractivity contribution < 1.29 is 14.3 Å². The zero-order chi connectivity index (χ0) is 15.2. The van der Waals surface area contributed by atoms with Crippen molar-refractivity contribution in [2.75, 3.05) is 11.9 Å². The number of urea groups is 1. The van der Waals surface area contributed by atoms with E-state index in [1.54, 1.807) is 6.07 Å². The van der Waals surface area contributed by atoms with Crippen LogP contribution < -0.4 is 10.6 Å². The Hall–Kier alpha value is -2.27. The van der Waals surface area contributed by atoms with Crippen LogP contribution in [-0.2, 0) is 0 Å². The van der Waals surface area contributed by atoms with Gasteiger partial charge in [-0.3, -0.25) is 0 Å². The van der Waals surface area contributed by atoms with Crippen molar-refractivity contribution in [2.45, 2.75) is 26.4 Å². The standard InChI is InChI=1S/C16H20N2O3/c1-11-3-4-14(9-12(11)2)18-16(20)17-7-5-15(19)13-6-8-21-10-13/h3-4,6,8-10,15,19H,5,7H2,1-2H3,(H2,17,18,20). The van der Waals surface area contributed by atoms with Gasteiger partial charge in [0.1, 0.15) is 0 Å². The topological polar surface area (TPSA) is 74.5 Å². The summed E-state index contributed by atoms with van der Waals surface area (Å²) in [6.45, 7) is 4.40. The average molecular weight is 288 g/mol. The largest absolute Gasteiger partial charge is 0.472 e. The molecule has 112 valence electrons. The summed E-state index contributed by atoms with van der Waals surface area (Å²) in [4.78, 5) is 11.8. The highest BCUT2D eigenvalue weighted by Crippen LogP contribution is 2.16. The van der Waals surface area contributed by atoms with E-state index in [1.807, 2.05) is 32.0 Å². The summed E-state index contributed by atoms with van der Waals surface area (Å²) in [6.07, 6.45) is 2.81. The van der Waals surface area contributed by atoms with E-state index in [4.69, 9.17) is 4.42 Å². The van der Waals surface area contributed by atoms with Gasteiger partial charge >= 0.3 is 6.03 Å². The third-order valence-corrected chi connectivity index (χ3v) is 3.40. The SMILES string of the molecule is Cc1ccc(NC(=O)NCCC(O)c2ccoc2)cc1C. The molecule has 1 atom stereocenters. The predicted molar refractivity (Wildman–Crippen MR) is 81.2 cm³/mol. The molecule has 2 aromatic rings. The van der Waals surface area contributed by atoms with Gasteiger partial charge in [-0.25, -0.2) is 4.79 Å². The van der Waals surface area contributed by atoms with Gasteiger partial charge in [0.05, 0.1) is 18.6 Å². The van der Waals surface area contributed by atoms with Crippen LogP contribution in [0.1, 0.15) is 29.2 Å². The molecule has 3 N–H and O–H groups in total. The third-order valence-electron chi connectivity index (χ3n) is 3.40. The number of nitrogens with one attached hydrogen (secondary N) is 2. The number of aryl methyl sites for hydroxylation is 2. The van der Waals surface area contributed by atoms with Gasteiger partial charge in [0.2, 0.25) is 0 Å². The van der Waals surface area contributed by atoms with Crippen LogP contribution in [0, 0.1) is 13.8 Å². The minimum absolute atomic E-state index is 0.280. The molecule has 21 heavy (non-hydrogen) atoms. The van der Waals surface area contributed by atoms with E-state index in [0.29, 0.717) is 18.5 Å². The molecule has 1 heterocycles. The van der Waals surface area contributed by atoms with E-state index in [9.17, 15) is 9.90 Å². The number of anilines is 1. The minimum Gasteiger partial charge on any atom is -0.472 e. The molecule has 1 aromatic carbocycles.